The average Bonchev–Trinajstić information content (AvgIpc) is 2.25. The van der Waals surface area contributed by atoms with Crippen molar-refractivity contribution in [2.75, 3.05) is 26.2 Å². The molecule has 8 heteroatoms. The molecule has 0 saturated carbocycles. The van der Waals surface area contributed by atoms with Crippen molar-refractivity contribution in [3.8, 4) is 0 Å². The highest BCUT2D eigenvalue weighted by Gasteiger charge is 2.36. The van der Waals surface area contributed by atoms with E-state index in [4.69, 9.17) is 10.5 Å². The van der Waals surface area contributed by atoms with Crippen molar-refractivity contribution >= 4 is 16.1 Å². The molecule has 0 aliphatic carbocycles. The van der Waals surface area contributed by atoms with Crippen LogP contribution in [0.5, 0.6) is 0 Å². The van der Waals surface area contributed by atoms with Gasteiger partial charge in [-0.05, 0) is 19.8 Å². The van der Waals surface area contributed by atoms with Gasteiger partial charge in [0.15, 0.2) is 0 Å². The molecular weight excluding hydrogens is 282 g/mol. The Labute approximate surface area is 121 Å². The molecule has 0 aromatic carbocycles. The second-order valence-corrected chi connectivity index (χ2v) is 7.66. The standard InChI is InChI=1S/C12H25N3O4S/c1-9(2)5-14(8-12(13)16)20(17,18)15-6-10(3)19-11(4)7-15/h9-11H,5-8H2,1-4H3,(H2,13,16)/t10-,11+. The first-order valence-corrected chi connectivity index (χ1v) is 8.21. The van der Waals surface area contributed by atoms with Crippen LogP contribution in [0.1, 0.15) is 27.7 Å². The van der Waals surface area contributed by atoms with Gasteiger partial charge in [0.2, 0.25) is 5.91 Å². The molecule has 0 aromatic heterocycles. The molecule has 1 heterocycles. The minimum Gasteiger partial charge on any atom is -0.373 e. The summed E-state index contributed by atoms with van der Waals surface area (Å²) in [6, 6.07) is 0. The summed E-state index contributed by atoms with van der Waals surface area (Å²) in [6.07, 6.45) is -0.328. The molecule has 1 aliphatic rings. The number of rotatable bonds is 6. The SMILES string of the molecule is CC(C)CN(CC(N)=O)S(=O)(=O)N1C[C@@H](C)O[C@@H](C)C1. The third kappa shape index (κ3) is 4.69. The lowest BCUT2D eigenvalue weighted by Crippen LogP contribution is -2.54. The van der Waals surface area contributed by atoms with E-state index in [0.29, 0.717) is 13.1 Å². The number of morpholine rings is 1. The number of ether oxygens (including phenoxy) is 1. The zero-order valence-electron chi connectivity index (χ0n) is 12.6. The first kappa shape index (κ1) is 17.4. The van der Waals surface area contributed by atoms with E-state index in [9.17, 15) is 13.2 Å². The molecule has 0 aromatic rings. The normalized spacial score (nSPS) is 25.3. The van der Waals surface area contributed by atoms with E-state index in [0.717, 1.165) is 4.31 Å². The molecule has 0 spiro atoms. The predicted molar refractivity (Wildman–Crippen MR) is 76.1 cm³/mol. The Bertz CT molecular complexity index is 428. The summed E-state index contributed by atoms with van der Waals surface area (Å²) in [5, 5.41) is 0. The van der Waals surface area contributed by atoms with Gasteiger partial charge in [-0.25, -0.2) is 0 Å². The molecule has 118 valence electrons. The van der Waals surface area contributed by atoms with Gasteiger partial charge in [-0.15, -0.1) is 0 Å². The maximum absolute atomic E-state index is 12.6. The largest absolute Gasteiger partial charge is 0.373 e. The summed E-state index contributed by atoms with van der Waals surface area (Å²) in [5.74, 6) is -0.538. The number of nitrogens with zero attached hydrogens (tertiary/aromatic N) is 2. The van der Waals surface area contributed by atoms with Gasteiger partial charge in [0.05, 0.1) is 18.8 Å². The van der Waals surface area contributed by atoms with E-state index >= 15 is 0 Å². The quantitative estimate of drug-likeness (QED) is 0.734. The molecule has 20 heavy (non-hydrogen) atoms. The Morgan fingerprint density at radius 3 is 2.25 bits per heavy atom. The van der Waals surface area contributed by atoms with Crippen LogP contribution in [0.2, 0.25) is 0 Å². The first-order chi connectivity index (χ1) is 9.12. The van der Waals surface area contributed by atoms with E-state index in [1.54, 1.807) is 0 Å². The minimum absolute atomic E-state index is 0.111. The highest BCUT2D eigenvalue weighted by molar-refractivity contribution is 7.86. The Hall–Kier alpha value is -0.700. The summed E-state index contributed by atoms with van der Waals surface area (Å²) in [6.45, 7) is 8.02. The molecule has 2 N–H and O–H groups in total. The van der Waals surface area contributed by atoms with Crippen LogP contribution in [0.4, 0.5) is 0 Å². The fraction of sp³-hybridized carbons (Fsp3) is 0.917. The maximum atomic E-state index is 12.6. The number of nitrogens with two attached hydrogens (primary N) is 1. The molecule has 1 rings (SSSR count). The van der Waals surface area contributed by atoms with Crippen molar-refractivity contribution < 1.29 is 17.9 Å². The van der Waals surface area contributed by atoms with Crippen molar-refractivity contribution in [3.05, 3.63) is 0 Å². The fourth-order valence-corrected chi connectivity index (χ4v) is 4.20. The topological polar surface area (TPSA) is 92.9 Å². The lowest BCUT2D eigenvalue weighted by atomic mass is 10.2. The molecule has 0 radical (unpaired) electrons. The second kappa shape index (κ2) is 6.84. The van der Waals surface area contributed by atoms with Crippen LogP contribution in [-0.4, -0.2) is 61.3 Å². The van der Waals surface area contributed by atoms with Crippen LogP contribution in [0, 0.1) is 5.92 Å². The van der Waals surface area contributed by atoms with Gasteiger partial charge < -0.3 is 10.5 Å². The summed E-state index contributed by atoms with van der Waals surface area (Å²) in [5.41, 5.74) is 5.16. The molecule has 1 aliphatic heterocycles. The van der Waals surface area contributed by atoms with Crippen LogP contribution in [0.3, 0.4) is 0 Å². The fourth-order valence-electron chi connectivity index (χ4n) is 2.30. The van der Waals surface area contributed by atoms with Crippen LogP contribution in [-0.2, 0) is 19.7 Å². The third-order valence-electron chi connectivity index (χ3n) is 2.94. The number of carbonyl (C=O) groups is 1. The first-order valence-electron chi connectivity index (χ1n) is 6.82. The monoisotopic (exact) mass is 307 g/mol. The highest BCUT2D eigenvalue weighted by Crippen LogP contribution is 2.18. The van der Waals surface area contributed by atoms with Crippen LogP contribution in [0.15, 0.2) is 0 Å². The minimum atomic E-state index is -3.69. The average molecular weight is 307 g/mol. The lowest BCUT2D eigenvalue weighted by molar-refractivity contribution is -0.118. The summed E-state index contributed by atoms with van der Waals surface area (Å²) >= 11 is 0. The molecule has 1 amide bonds. The number of carbonyl (C=O) groups excluding carboxylic acids is 1. The Kier molecular flexibility index (Phi) is 5.93. The molecule has 7 nitrogen and oxygen atoms in total. The molecule has 0 bridgehead atoms. The second-order valence-electron chi connectivity index (χ2n) is 5.73. The number of amides is 1. The van der Waals surface area contributed by atoms with Gasteiger partial charge in [0.25, 0.3) is 10.2 Å². The molecule has 2 atom stereocenters. The Morgan fingerprint density at radius 2 is 1.85 bits per heavy atom. The van der Waals surface area contributed by atoms with Gasteiger partial charge in [0, 0.05) is 19.6 Å². The lowest BCUT2D eigenvalue weighted by Gasteiger charge is -2.37. The van der Waals surface area contributed by atoms with Gasteiger partial charge in [-0.2, -0.15) is 17.0 Å². The maximum Gasteiger partial charge on any atom is 0.282 e. The van der Waals surface area contributed by atoms with Crippen LogP contribution in [0.25, 0.3) is 0 Å². The molecular formula is C12H25N3O4S. The number of hydrogen-bond donors (Lipinski definition) is 1. The van der Waals surface area contributed by atoms with Crippen LogP contribution >= 0.6 is 0 Å². The van der Waals surface area contributed by atoms with Crippen LogP contribution < -0.4 is 5.73 Å². The number of primary amides is 1. The smallest absolute Gasteiger partial charge is 0.282 e. The van der Waals surface area contributed by atoms with Gasteiger partial charge in [-0.1, -0.05) is 13.8 Å². The zero-order chi connectivity index (χ0) is 15.5. The van der Waals surface area contributed by atoms with Crippen molar-refractivity contribution in [2.24, 2.45) is 11.7 Å². The van der Waals surface area contributed by atoms with E-state index in [1.807, 2.05) is 27.7 Å². The molecule has 1 fully saturated rings. The van der Waals surface area contributed by atoms with E-state index in [1.165, 1.54) is 4.31 Å². The van der Waals surface area contributed by atoms with Crippen molar-refractivity contribution in [1.29, 1.82) is 0 Å². The Balaban J connectivity index is 2.93. The predicted octanol–water partition coefficient (Wildman–Crippen LogP) is -0.216. The number of hydrogen-bond acceptors (Lipinski definition) is 4. The van der Waals surface area contributed by atoms with E-state index in [2.05, 4.69) is 0 Å². The highest BCUT2D eigenvalue weighted by atomic mass is 32.2. The Morgan fingerprint density at radius 1 is 1.35 bits per heavy atom. The summed E-state index contributed by atoms with van der Waals surface area (Å²) < 4.78 is 33.3. The molecule has 1 saturated heterocycles. The van der Waals surface area contributed by atoms with Gasteiger partial charge in [-0.3, -0.25) is 4.79 Å². The summed E-state index contributed by atoms with van der Waals surface area (Å²) in [4.78, 5) is 11.1. The third-order valence-corrected chi connectivity index (χ3v) is 4.82. The molecule has 0 unspecified atom stereocenters. The van der Waals surface area contributed by atoms with E-state index < -0.39 is 16.1 Å². The van der Waals surface area contributed by atoms with Crippen molar-refractivity contribution in [1.82, 2.24) is 8.61 Å². The zero-order valence-corrected chi connectivity index (χ0v) is 13.4. The van der Waals surface area contributed by atoms with Crippen molar-refractivity contribution in [3.63, 3.8) is 0 Å². The summed E-state index contributed by atoms with van der Waals surface area (Å²) in [7, 11) is -3.69. The van der Waals surface area contributed by atoms with Gasteiger partial charge >= 0.3 is 0 Å². The van der Waals surface area contributed by atoms with E-state index in [-0.39, 0.29) is 31.2 Å². The van der Waals surface area contributed by atoms with Gasteiger partial charge in [0.1, 0.15) is 0 Å². The van der Waals surface area contributed by atoms with Crippen molar-refractivity contribution in [2.45, 2.75) is 39.9 Å².